The van der Waals surface area contributed by atoms with E-state index in [0.29, 0.717) is 17.1 Å². The van der Waals surface area contributed by atoms with E-state index < -0.39 is 0 Å². The van der Waals surface area contributed by atoms with E-state index >= 15 is 0 Å². The summed E-state index contributed by atoms with van der Waals surface area (Å²) in [6, 6.07) is 12.4. The van der Waals surface area contributed by atoms with Crippen LogP contribution in [-0.4, -0.2) is 25.2 Å². The number of methoxy groups -OCH3 is 2. The summed E-state index contributed by atoms with van der Waals surface area (Å²) in [7, 11) is 3.05. The van der Waals surface area contributed by atoms with Gasteiger partial charge < -0.3 is 14.8 Å². The average Bonchev–Trinajstić information content (AvgIpc) is 2.53. The van der Waals surface area contributed by atoms with Gasteiger partial charge in [-0.3, -0.25) is 10.1 Å². The second-order valence-corrected chi connectivity index (χ2v) is 5.81. The van der Waals surface area contributed by atoms with Crippen LogP contribution in [0.15, 0.2) is 46.9 Å². The molecule has 0 bridgehead atoms. The number of anilines is 1. The molecule has 0 aliphatic heterocycles. The van der Waals surface area contributed by atoms with Crippen molar-refractivity contribution in [2.45, 2.75) is 0 Å². The first-order valence-corrected chi connectivity index (χ1v) is 7.83. The largest absolute Gasteiger partial charge is 0.493 e. The molecule has 2 aromatic carbocycles. The quantitative estimate of drug-likeness (QED) is 0.775. The summed E-state index contributed by atoms with van der Waals surface area (Å²) in [5.74, 6) is 0.698. The molecule has 0 saturated carbocycles. The smallest absolute Gasteiger partial charge is 0.257 e. The molecule has 0 radical (unpaired) electrons. The zero-order valence-electron chi connectivity index (χ0n) is 12.6. The minimum Gasteiger partial charge on any atom is -0.493 e. The van der Waals surface area contributed by atoms with Gasteiger partial charge in [0.15, 0.2) is 16.6 Å². The van der Waals surface area contributed by atoms with Gasteiger partial charge >= 0.3 is 0 Å². The molecule has 2 rings (SSSR count). The number of benzene rings is 2. The van der Waals surface area contributed by atoms with Gasteiger partial charge in [-0.2, -0.15) is 0 Å². The molecule has 0 aliphatic rings. The molecular weight excluding hydrogens is 380 g/mol. The lowest BCUT2D eigenvalue weighted by Crippen LogP contribution is -2.34. The molecule has 2 N–H and O–H groups in total. The Morgan fingerprint density at radius 3 is 2.48 bits per heavy atom. The van der Waals surface area contributed by atoms with Gasteiger partial charge in [-0.1, -0.05) is 22.0 Å². The fourth-order valence-corrected chi connectivity index (χ4v) is 2.49. The monoisotopic (exact) mass is 394 g/mol. The van der Waals surface area contributed by atoms with Gasteiger partial charge in [-0.25, -0.2) is 0 Å². The maximum atomic E-state index is 12.2. The first kappa shape index (κ1) is 17.2. The molecule has 120 valence electrons. The van der Waals surface area contributed by atoms with Crippen molar-refractivity contribution in [2.24, 2.45) is 0 Å². The Hall–Kier alpha value is -2.12. The van der Waals surface area contributed by atoms with Crippen LogP contribution in [0, 0.1) is 0 Å². The van der Waals surface area contributed by atoms with Gasteiger partial charge in [0.25, 0.3) is 5.91 Å². The molecule has 0 unspecified atom stereocenters. The van der Waals surface area contributed by atoms with Crippen LogP contribution in [0.4, 0.5) is 5.69 Å². The first-order chi connectivity index (χ1) is 11.0. The number of ether oxygens (including phenoxy) is 2. The predicted molar refractivity (Wildman–Crippen MR) is 97.4 cm³/mol. The lowest BCUT2D eigenvalue weighted by Gasteiger charge is -2.12. The van der Waals surface area contributed by atoms with Crippen LogP contribution in [0.2, 0.25) is 0 Å². The number of nitrogens with one attached hydrogen (secondary N) is 2. The van der Waals surface area contributed by atoms with E-state index in [1.165, 1.54) is 14.2 Å². The number of carbonyl (C=O) groups is 1. The van der Waals surface area contributed by atoms with E-state index in [2.05, 4.69) is 26.6 Å². The van der Waals surface area contributed by atoms with Gasteiger partial charge in [0.05, 0.1) is 14.2 Å². The second kappa shape index (κ2) is 7.94. The van der Waals surface area contributed by atoms with Gasteiger partial charge in [0.1, 0.15) is 0 Å². The molecule has 23 heavy (non-hydrogen) atoms. The van der Waals surface area contributed by atoms with Crippen LogP contribution in [0.5, 0.6) is 11.5 Å². The van der Waals surface area contributed by atoms with Gasteiger partial charge in [0, 0.05) is 15.7 Å². The maximum absolute atomic E-state index is 12.2. The van der Waals surface area contributed by atoms with Crippen molar-refractivity contribution in [1.29, 1.82) is 0 Å². The number of halogens is 1. The lowest BCUT2D eigenvalue weighted by atomic mass is 10.2. The Kier molecular flexibility index (Phi) is 5.95. The third-order valence-electron chi connectivity index (χ3n) is 2.96. The molecule has 2 aromatic rings. The molecule has 0 fully saturated rings. The zero-order valence-corrected chi connectivity index (χ0v) is 15.0. The molecule has 0 saturated heterocycles. The third-order valence-corrected chi connectivity index (χ3v) is 3.65. The van der Waals surface area contributed by atoms with Gasteiger partial charge in [-0.15, -0.1) is 0 Å². The van der Waals surface area contributed by atoms with Crippen molar-refractivity contribution in [3.63, 3.8) is 0 Å². The van der Waals surface area contributed by atoms with Crippen LogP contribution in [0.3, 0.4) is 0 Å². The van der Waals surface area contributed by atoms with Gasteiger partial charge in [-0.05, 0) is 48.6 Å². The summed E-state index contributed by atoms with van der Waals surface area (Å²) in [5.41, 5.74) is 1.19. The number of hydrogen-bond acceptors (Lipinski definition) is 4. The summed E-state index contributed by atoms with van der Waals surface area (Å²) < 4.78 is 11.2. The molecular formula is C16H15BrN2O3S. The number of thiocarbonyl (C=S) groups is 1. The highest BCUT2D eigenvalue weighted by Crippen LogP contribution is 2.27. The summed E-state index contributed by atoms with van der Waals surface area (Å²) in [5, 5.41) is 5.78. The number of rotatable bonds is 4. The van der Waals surface area contributed by atoms with Crippen LogP contribution in [0.25, 0.3) is 0 Å². The number of carbonyl (C=O) groups excluding carboxylic acids is 1. The minimum atomic E-state index is -0.335. The molecule has 0 spiro atoms. The Labute approximate surface area is 148 Å². The lowest BCUT2D eigenvalue weighted by molar-refractivity contribution is 0.0977. The summed E-state index contributed by atoms with van der Waals surface area (Å²) in [6.07, 6.45) is 0. The standard InChI is InChI=1S/C16H15BrN2O3S/c1-21-13-7-6-10(8-14(13)22-2)15(20)19-16(23)18-12-5-3-4-11(17)9-12/h3-9H,1-2H3,(H2,18,19,20,23). The first-order valence-electron chi connectivity index (χ1n) is 6.63. The van der Waals surface area contributed by atoms with E-state index in [4.69, 9.17) is 21.7 Å². The number of amides is 1. The molecule has 0 heterocycles. The van der Waals surface area contributed by atoms with Crippen LogP contribution < -0.4 is 20.1 Å². The predicted octanol–water partition coefficient (Wildman–Crippen LogP) is 3.59. The van der Waals surface area contributed by atoms with E-state index in [1.54, 1.807) is 18.2 Å². The molecule has 0 aliphatic carbocycles. The molecule has 0 aromatic heterocycles. The number of hydrogen-bond donors (Lipinski definition) is 2. The van der Waals surface area contributed by atoms with Crippen molar-refractivity contribution >= 4 is 44.9 Å². The summed E-state index contributed by atoms with van der Waals surface area (Å²) in [6.45, 7) is 0. The highest BCUT2D eigenvalue weighted by atomic mass is 79.9. The third kappa shape index (κ3) is 4.67. The summed E-state index contributed by atoms with van der Waals surface area (Å²) >= 11 is 8.52. The topological polar surface area (TPSA) is 59.6 Å². The minimum absolute atomic E-state index is 0.211. The van der Waals surface area contributed by atoms with Crippen molar-refractivity contribution in [2.75, 3.05) is 19.5 Å². The van der Waals surface area contributed by atoms with E-state index in [9.17, 15) is 4.79 Å². The van der Waals surface area contributed by atoms with Crippen LogP contribution in [-0.2, 0) is 0 Å². The highest BCUT2D eigenvalue weighted by molar-refractivity contribution is 9.10. The highest BCUT2D eigenvalue weighted by Gasteiger charge is 2.12. The molecule has 1 amide bonds. The normalized spacial score (nSPS) is 9.87. The molecule has 5 nitrogen and oxygen atoms in total. The van der Waals surface area contributed by atoms with Crippen molar-refractivity contribution in [1.82, 2.24) is 5.32 Å². The Morgan fingerprint density at radius 1 is 1.09 bits per heavy atom. The van der Waals surface area contributed by atoms with E-state index in [-0.39, 0.29) is 11.0 Å². The van der Waals surface area contributed by atoms with Crippen molar-refractivity contribution < 1.29 is 14.3 Å². The Morgan fingerprint density at radius 2 is 1.83 bits per heavy atom. The Balaban J connectivity index is 2.05. The van der Waals surface area contributed by atoms with Crippen molar-refractivity contribution in [3.8, 4) is 11.5 Å². The van der Waals surface area contributed by atoms with E-state index in [0.717, 1.165) is 10.2 Å². The molecule has 0 atom stereocenters. The Bertz CT molecular complexity index is 737. The van der Waals surface area contributed by atoms with Crippen molar-refractivity contribution in [3.05, 3.63) is 52.5 Å². The second-order valence-electron chi connectivity index (χ2n) is 4.49. The SMILES string of the molecule is COc1ccc(C(=O)NC(=S)Nc2cccc(Br)c2)cc1OC. The average molecular weight is 395 g/mol. The molecule has 7 heteroatoms. The maximum Gasteiger partial charge on any atom is 0.257 e. The summed E-state index contributed by atoms with van der Waals surface area (Å²) in [4.78, 5) is 12.2. The zero-order chi connectivity index (χ0) is 16.8. The van der Waals surface area contributed by atoms with E-state index in [1.807, 2.05) is 24.3 Å². The van der Waals surface area contributed by atoms with Crippen LogP contribution in [0.1, 0.15) is 10.4 Å². The van der Waals surface area contributed by atoms with Gasteiger partial charge in [0.2, 0.25) is 0 Å². The van der Waals surface area contributed by atoms with Crippen LogP contribution >= 0.6 is 28.1 Å². The fraction of sp³-hybridized carbons (Fsp3) is 0.125. The fourth-order valence-electron chi connectivity index (χ4n) is 1.88.